The third-order valence-corrected chi connectivity index (χ3v) is 4.61. The fourth-order valence-electron chi connectivity index (χ4n) is 3.74. The molecule has 0 aromatic heterocycles. The van der Waals surface area contributed by atoms with Gasteiger partial charge in [0.05, 0.1) is 24.5 Å². The van der Waals surface area contributed by atoms with E-state index in [9.17, 15) is 14.7 Å². The molecule has 3 rings (SSSR count). The third-order valence-electron chi connectivity index (χ3n) is 4.61. The Bertz CT molecular complexity index is 403. The van der Waals surface area contributed by atoms with Crippen molar-refractivity contribution in [2.24, 2.45) is 23.7 Å². The Hall–Kier alpha value is -1.20. The fourth-order valence-corrected chi connectivity index (χ4v) is 3.74. The maximum atomic E-state index is 12.3. The van der Waals surface area contributed by atoms with Gasteiger partial charge in [-0.25, -0.2) is 0 Å². The van der Waals surface area contributed by atoms with Crippen molar-refractivity contribution in [3.05, 3.63) is 12.2 Å². The SMILES string of the molecule is COCC(O)CCN1C(=O)C2C3C=CC(C3)C2C1=O. The number of aliphatic hydroxyl groups is 1. The smallest absolute Gasteiger partial charge is 0.233 e. The fraction of sp³-hybridized carbons (Fsp3) is 0.714. The maximum Gasteiger partial charge on any atom is 0.233 e. The van der Waals surface area contributed by atoms with Crippen LogP contribution in [0.1, 0.15) is 12.8 Å². The molecule has 2 fully saturated rings. The van der Waals surface area contributed by atoms with Crippen molar-refractivity contribution in [2.45, 2.75) is 18.9 Å². The molecule has 0 spiro atoms. The molecule has 2 amide bonds. The van der Waals surface area contributed by atoms with Crippen LogP contribution in [0.15, 0.2) is 12.2 Å². The summed E-state index contributed by atoms with van der Waals surface area (Å²) >= 11 is 0. The summed E-state index contributed by atoms with van der Waals surface area (Å²) in [7, 11) is 1.52. The largest absolute Gasteiger partial charge is 0.391 e. The number of ether oxygens (including phenoxy) is 1. The molecule has 5 atom stereocenters. The molecule has 2 aliphatic carbocycles. The van der Waals surface area contributed by atoms with Crippen LogP contribution in [0.25, 0.3) is 0 Å². The minimum absolute atomic E-state index is 0.0449. The van der Waals surface area contributed by atoms with Crippen molar-refractivity contribution in [3.63, 3.8) is 0 Å². The van der Waals surface area contributed by atoms with Crippen LogP contribution in [0.5, 0.6) is 0 Å². The summed E-state index contributed by atoms with van der Waals surface area (Å²) in [4.78, 5) is 26.0. The number of fused-ring (bicyclic) bond motifs is 5. The topological polar surface area (TPSA) is 66.8 Å². The highest BCUT2D eigenvalue weighted by atomic mass is 16.5. The summed E-state index contributed by atoms with van der Waals surface area (Å²) in [6.45, 7) is 0.532. The van der Waals surface area contributed by atoms with Crippen molar-refractivity contribution >= 4 is 11.8 Å². The monoisotopic (exact) mass is 265 g/mol. The van der Waals surface area contributed by atoms with E-state index in [1.807, 2.05) is 0 Å². The second kappa shape index (κ2) is 4.72. The Kier molecular flexibility index (Phi) is 3.19. The Morgan fingerprint density at radius 1 is 1.32 bits per heavy atom. The summed E-state index contributed by atoms with van der Waals surface area (Å²) in [6, 6.07) is 0. The van der Waals surface area contributed by atoms with Gasteiger partial charge in [-0.15, -0.1) is 0 Å². The van der Waals surface area contributed by atoms with E-state index in [2.05, 4.69) is 12.2 Å². The lowest BCUT2D eigenvalue weighted by Gasteiger charge is -2.18. The highest BCUT2D eigenvalue weighted by molar-refractivity contribution is 6.06. The molecule has 5 heteroatoms. The number of nitrogens with zero attached hydrogens (tertiary/aromatic N) is 1. The normalized spacial score (nSPS) is 37.3. The van der Waals surface area contributed by atoms with Crippen LogP contribution in [0, 0.1) is 23.7 Å². The van der Waals surface area contributed by atoms with Gasteiger partial charge in [0.15, 0.2) is 0 Å². The molecule has 1 saturated heterocycles. The molecule has 0 aromatic carbocycles. The Morgan fingerprint density at radius 2 is 1.89 bits per heavy atom. The molecule has 5 nitrogen and oxygen atoms in total. The van der Waals surface area contributed by atoms with Gasteiger partial charge in [0, 0.05) is 13.7 Å². The van der Waals surface area contributed by atoms with E-state index in [0.29, 0.717) is 13.0 Å². The molecule has 1 aliphatic heterocycles. The van der Waals surface area contributed by atoms with E-state index in [4.69, 9.17) is 4.74 Å². The molecule has 1 N–H and O–H groups in total. The molecule has 5 unspecified atom stereocenters. The quantitative estimate of drug-likeness (QED) is 0.569. The van der Waals surface area contributed by atoms with Crippen LogP contribution in [-0.2, 0) is 14.3 Å². The number of amides is 2. The number of carbonyl (C=O) groups is 2. The van der Waals surface area contributed by atoms with E-state index >= 15 is 0 Å². The zero-order valence-corrected chi connectivity index (χ0v) is 11.0. The summed E-state index contributed by atoms with van der Waals surface area (Å²) in [5.74, 6) is 0.137. The molecular formula is C14H19NO4. The van der Waals surface area contributed by atoms with Crippen molar-refractivity contribution < 1.29 is 19.4 Å². The van der Waals surface area contributed by atoms with Crippen molar-refractivity contribution in [2.75, 3.05) is 20.3 Å². The maximum absolute atomic E-state index is 12.3. The number of likely N-dealkylation sites (tertiary alicyclic amines) is 1. The summed E-state index contributed by atoms with van der Waals surface area (Å²) in [5.41, 5.74) is 0. The number of carbonyl (C=O) groups excluding carboxylic acids is 2. The second-order valence-electron chi connectivity index (χ2n) is 5.73. The van der Waals surface area contributed by atoms with Crippen LogP contribution in [0.4, 0.5) is 0 Å². The second-order valence-corrected chi connectivity index (χ2v) is 5.73. The molecule has 19 heavy (non-hydrogen) atoms. The molecule has 1 heterocycles. The van der Waals surface area contributed by atoms with Crippen LogP contribution < -0.4 is 0 Å². The Morgan fingerprint density at radius 3 is 2.42 bits per heavy atom. The number of allylic oxidation sites excluding steroid dienone is 2. The summed E-state index contributed by atoms with van der Waals surface area (Å²) < 4.78 is 4.84. The number of methoxy groups -OCH3 is 1. The lowest BCUT2D eigenvalue weighted by molar-refractivity contribution is -0.141. The van der Waals surface area contributed by atoms with Crippen molar-refractivity contribution in [1.82, 2.24) is 4.90 Å². The molecule has 1 saturated carbocycles. The first-order valence-electron chi connectivity index (χ1n) is 6.84. The first kappa shape index (κ1) is 12.8. The molecule has 0 aromatic rings. The van der Waals surface area contributed by atoms with E-state index in [1.54, 1.807) is 0 Å². The minimum atomic E-state index is -0.624. The van der Waals surface area contributed by atoms with Gasteiger partial charge in [0.25, 0.3) is 0 Å². The molecule has 104 valence electrons. The van der Waals surface area contributed by atoms with E-state index in [0.717, 1.165) is 6.42 Å². The van der Waals surface area contributed by atoms with Crippen molar-refractivity contribution in [3.8, 4) is 0 Å². The van der Waals surface area contributed by atoms with E-state index < -0.39 is 6.10 Å². The first-order chi connectivity index (χ1) is 9.13. The number of aliphatic hydroxyl groups excluding tert-OH is 1. The highest BCUT2D eigenvalue weighted by Crippen LogP contribution is 2.52. The van der Waals surface area contributed by atoms with Gasteiger partial charge in [-0.05, 0) is 24.7 Å². The van der Waals surface area contributed by atoms with Gasteiger partial charge in [-0.3, -0.25) is 14.5 Å². The van der Waals surface area contributed by atoms with Gasteiger partial charge in [-0.2, -0.15) is 0 Å². The van der Waals surface area contributed by atoms with Gasteiger partial charge < -0.3 is 9.84 Å². The Labute approximate surface area is 112 Å². The summed E-state index contributed by atoms with van der Waals surface area (Å²) in [5, 5.41) is 9.61. The van der Waals surface area contributed by atoms with E-state index in [-0.39, 0.29) is 42.1 Å². The minimum Gasteiger partial charge on any atom is -0.391 e. The van der Waals surface area contributed by atoms with Crippen LogP contribution in [-0.4, -0.2) is 48.2 Å². The molecule has 3 aliphatic rings. The highest BCUT2D eigenvalue weighted by Gasteiger charge is 2.58. The molecule has 2 bridgehead atoms. The van der Waals surface area contributed by atoms with Gasteiger partial charge >= 0.3 is 0 Å². The molecule has 0 radical (unpaired) electrons. The standard InChI is InChI=1S/C14H19NO4/c1-19-7-10(16)4-5-15-13(17)11-8-2-3-9(6-8)12(11)14(15)18/h2-3,8-12,16H,4-7H2,1H3. The molecular weight excluding hydrogens is 246 g/mol. The number of imide groups is 1. The number of hydrogen-bond donors (Lipinski definition) is 1. The zero-order valence-electron chi connectivity index (χ0n) is 11.0. The average Bonchev–Trinajstić information content (AvgIpc) is 3.03. The lowest BCUT2D eigenvalue weighted by atomic mass is 9.85. The predicted octanol–water partition coefficient (Wildman–Crippen LogP) is 0.191. The lowest BCUT2D eigenvalue weighted by Crippen LogP contribution is -2.35. The zero-order chi connectivity index (χ0) is 13.6. The van der Waals surface area contributed by atoms with Gasteiger partial charge in [0.1, 0.15) is 0 Å². The number of hydrogen-bond acceptors (Lipinski definition) is 4. The van der Waals surface area contributed by atoms with E-state index in [1.165, 1.54) is 12.0 Å². The van der Waals surface area contributed by atoms with Crippen LogP contribution in [0.2, 0.25) is 0 Å². The Balaban J connectivity index is 1.66. The van der Waals surface area contributed by atoms with Crippen LogP contribution in [0.3, 0.4) is 0 Å². The van der Waals surface area contributed by atoms with Gasteiger partial charge in [0.2, 0.25) is 11.8 Å². The first-order valence-corrected chi connectivity index (χ1v) is 6.84. The van der Waals surface area contributed by atoms with Crippen LogP contribution >= 0.6 is 0 Å². The van der Waals surface area contributed by atoms with Crippen molar-refractivity contribution in [1.29, 1.82) is 0 Å². The predicted molar refractivity (Wildman–Crippen MR) is 66.9 cm³/mol. The number of rotatable bonds is 5. The van der Waals surface area contributed by atoms with Gasteiger partial charge in [-0.1, -0.05) is 12.2 Å². The summed E-state index contributed by atoms with van der Waals surface area (Å²) in [6.07, 6.45) is 4.88. The average molecular weight is 265 g/mol. The third kappa shape index (κ3) is 1.92.